The minimum absolute atomic E-state index is 0.620. The zero-order valence-corrected chi connectivity index (χ0v) is 14.4. The molecule has 1 fully saturated rings. The molecule has 118 valence electrons. The van der Waals surface area contributed by atoms with E-state index in [1.165, 1.54) is 49.1 Å². The van der Waals surface area contributed by atoms with Gasteiger partial charge in [-0.05, 0) is 32.3 Å². The van der Waals surface area contributed by atoms with Crippen molar-refractivity contribution >= 4 is 11.8 Å². The van der Waals surface area contributed by atoms with Crippen LogP contribution >= 0.6 is 11.8 Å². The van der Waals surface area contributed by atoms with E-state index in [9.17, 15) is 0 Å². The predicted octanol–water partition coefficient (Wildman–Crippen LogP) is 4.95. The van der Waals surface area contributed by atoms with Crippen molar-refractivity contribution in [2.45, 2.75) is 69.3 Å². The molecule has 1 aliphatic carbocycles. The highest BCUT2D eigenvalue weighted by Crippen LogP contribution is 2.33. The molecule has 3 nitrogen and oxygen atoms in total. The van der Waals surface area contributed by atoms with Crippen molar-refractivity contribution in [2.24, 2.45) is 0 Å². The number of thioether (sulfide) groups is 1. The molecule has 1 aromatic carbocycles. The van der Waals surface area contributed by atoms with Crippen LogP contribution < -0.4 is 0 Å². The largest absolute Gasteiger partial charge is 0.306 e. The first kappa shape index (κ1) is 15.6. The molecule has 0 spiro atoms. The summed E-state index contributed by atoms with van der Waals surface area (Å²) in [5, 5.41) is 10.1. The summed E-state index contributed by atoms with van der Waals surface area (Å²) in [6.45, 7) is 5.29. The Morgan fingerprint density at radius 2 is 1.82 bits per heavy atom. The average Bonchev–Trinajstić information content (AvgIpc) is 2.98. The Hall–Kier alpha value is -1.29. The van der Waals surface area contributed by atoms with Crippen LogP contribution in [0, 0.1) is 6.92 Å². The SMILES string of the molecule is CCn1c(SCc2ccc(C)cc2)nnc1C1CCCCC1. The van der Waals surface area contributed by atoms with E-state index in [-0.39, 0.29) is 0 Å². The summed E-state index contributed by atoms with van der Waals surface area (Å²) >= 11 is 1.80. The molecule has 4 heteroatoms. The van der Waals surface area contributed by atoms with Gasteiger partial charge < -0.3 is 4.57 Å². The third kappa shape index (κ3) is 3.54. The van der Waals surface area contributed by atoms with Gasteiger partial charge in [0.15, 0.2) is 5.16 Å². The summed E-state index contributed by atoms with van der Waals surface area (Å²) in [7, 11) is 0. The van der Waals surface area contributed by atoms with Gasteiger partial charge >= 0.3 is 0 Å². The maximum absolute atomic E-state index is 4.53. The highest BCUT2D eigenvalue weighted by molar-refractivity contribution is 7.98. The Bertz CT molecular complexity index is 597. The summed E-state index contributed by atoms with van der Waals surface area (Å²) in [4.78, 5) is 0. The first-order valence-corrected chi connectivity index (χ1v) is 9.38. The van der Waals surface area contributed by atoms with E-state index < -0.39 is 0 Å². The molecule has 0 aliphatic heterocycles. The van der Waals surface area contributed by atoms with Crippen molar-refractivity contribution in [1.82, 2.24) is 14.8 Å². The van der Waals surface area contributed by atoms with Crippen LogP contribution in [-0.2, 0) is 12.3 Å². The first-order chi connectivity index (χ1) is 10.8. The quantitative estimate of drug-likeness (QED) is 0.732. The normalized spacial score (nSPS) is 16.1. The Labute approximate surface area is 137 Å². The third-order valence-corrected chi connectivity index (χ3v) is 5.56. The molecule has 0 unspecified atom stereocenters. The van der Waals surface area contributed by atoms with E-state index >= 15 is 0 Å². The lowest BCUT2D eigenvalue weighted by Gasteiger charge is -2.21. The van der Waals surface area contributed by atoms with Gasteiger partial charge in [-0.25, -0.2) is 0 Å². The van der Waals surface area contributed by atoms with Gasteiger partial charge in [0.25, 0.3) is 0 Å². The van der Waals surface area contributed by atoms with Gasteiger partial charge in [-0.15, -0.1) is 10.2 Å². The second-order valence-corrected chi connectivity index (χ2v) is 7.14. The Morgan fingerprint density at radius 3 is 2.50 bits per heavy atom. The molecule has 0 N–H and O–H groups in total. The molecule has 22 heavy (non-hydrogen) atoms. The highest BCUT2D eigenvalue weighted by Gasteiger charge is 2.22. The molecule has 0 radical (unpaired) electrons. The minimum Gasteiger partial charge on any atom is -0.306 e. The maximum atomic E-state index is 4.53. The fourth-order valence-electron chi connectivity index (χ4n) is 3.20. The second kappa shape index (κ2) is 7.32. The molecule has 0 amide bonds. The fraction of sp³-hybridized carbons (Fsp3) is 0.556. The summed E-state index contributed by atoms with van der Waals surface area (Å²) in [6.07, 6.45) is 6.62. The van der Waals surface area contributed by atoms with Gasteiger partial charge in [0.05, 0.1) is 0 Å². The van der Waals surface area contributed by atoms with Gasteiger partial charge in [-0.3, -0.25) is 0 Å². The summed E-state index contributed by atoms with van der Waals surface area (Å²) in [5.41, 5.74) is 2.66. The molecule has 1 aromatic heterocycles. The maximum Gasteiger partial charge on any atom is 0.191 e. The van der Waals surface area contributed by atoms with Crippen LogP contribution in [0.15, 0.2) is 29.4 Å². The van der Waals surface area contributed by atoms with E-state index in [0.717, 1.165) is 17.5 Å². The Morgan fingerprint density at radius 1 is 1.09 bits per heavy atom. The first-order valence-electron chi connectivity index (χ1n) is 8.39. The van der Waals surface area contributed by atoms with E-state index in [2.05, 4.69) is 52.9 Å². The highest BCUT2D eigenvalue weighted by atomic mass is 32.2. The third-order valence-electron chi connectivity index (χ3n) is 4.52. The lowest BCUT2D eigenvalue weighted by Crippen LogP contribution is -2.12. The molecule has 2 aromatic rings. The monoisotopic (exact) mass is 315 g/mol. The van der Waals surface area contributed by atoms with Crippen molar-refractivity contribution < 1.29 is 0 Å². The lowest BCUT2D eigenvalue weighted by atomic mass is 9.89. The molecule has 3 rings (SSSR count). The van der Waals surface area contributed by atoms with Crippen molar-refractivity contribution in [2.75, 3.05) is 0 Å². The van der Waals surface area contributed by atoms with E-state index in [0.29, 0.717) is 5.92 Å². The van der Waals surface area contributed by atoms with Crippen molar-refractivity contribution in [3.63, 3.8) is 0 Å². The number of benzene rings is 1. The Balaban J connectivity index is 1.70. The topological polar surface area (TPSA) is 30.7 Å². The predicted molar refractivity (Wildman–Crippen MR) is 92.3 cm³/mol. The Kier molecular flexibility index (Phi) is 5.19. The van der Waals surface area contributed by atoms with Crippen LogP contribution in [0.5, 0.6) is 0 Å². The van der Waals surface area contributed by atoms with Gasteiger partial charge in [-0.2, -0.15) is 0 Å². The molecule has 1 heterocycles. The number of hydrogen-bond donors (Lipinski definition) is 0. The molecular weight excluding hydrogens is 290 g/mol. The average molecular weight is 315 g/mol. The number of aromatic nitrogens is 3. The van der Waals surface area contributed by atoms with E-state index in [4.69, 9.17) is 0 Å². The molecule has 0 atom stereocenters. The van der Waals surface area contributed by atoms with E-state index in [1.54, 1.807) is 11.8 Å². The van der Waals surface area contributed by atoms with Crippen molar-refractivity contribution in [3.8, 4) is 0 Å². The molecule has 1 saturated carbocycles. The van der Waals surface area contributed by atoms with Crippen LogP contribution in [-0.4, -0.2) is 14.8 Å². The van der Waals surface area contributed by atoms with E-state index in [1.807, 2.05) is 0 Å². The summed E-state index contributed by atoms with van der Waals surface area (Å²) < 4.78 is 2.33. The number of hydrogen-bond acceptors (Lipinski definition) is 3. The van der Waals surface area contributed by atoms with Crippen LogP contribution in [0.2, 0.25) is 0 Å². The van der Waals surface area contributed by atoms with Crippen molar-refractivity contribution in [1.29, 1.82) is 0 Å². The summed E-state index contributed by atoms with van der Waals surface area (Å²) in [5.74, 6) is 2.80. The number of aryl methyl sites for hydroxylation is 1. The lowest BCUT2D eigenvalue weighted by molar-refractivity contribution is 0.413. The van der Waals surface area contributed by atoms with Gasteiger partial charge in [0.1, 0.15) is 5.82 Å². The van der Waals surface area contributed by atoms with Crippen molar-refractivity contribution in [3.05, 3.63) is 41.2 Å². The zero-order valence-electron chi connectivity index (χ0n) is 13.6. The number of nitrogens with zero attached hydrogens (tertiary/aromatic N) is 3. The summed E-state index contributed by atoms with van der Waals surface area (Å²) in [6, 6.07) is 8.76. The van der Waals surface area contributed by atoms with Crippen LogP contribution in [0.3, 0.4) is 0 Å². The van der Waals surface area contributed by atoms with Gasteiger partial charge in [-0.1, -0.05) is 60.9 Å². The molecule has 0 saturated heterocycles. The number of rotatable bonds is 5. The van der Waals surface area contributed by atoms with Crippen LogP contribution in [0.25, 0.3) is 0 Å². The fourth-order valence-corrected chi connectivity index (χ4v) is 4.16. The molecular formula is C18H25N3S. The second-order valence-electron chi connectivity index (χ2n) is 6.19. The standard InChI is InChI=1S/C18H25N3S/c1-3-21-17(16-7-5-4-6-8-16)19-20-18(21)22-13-15-11-9-14(2)10-12-15/h9-12,16H,3-8,13H2,1-2H3. The van der Waals surface area contributed by atoms with Gasteiger partial charge in [0.2, 0.25) is 0 Å². The molecule has 0 bridgehead atoms. The van der Waals surface area contributed by atoms with Crippen LogP contribution in [0.1, 0.15) is 61.9 Å². The zero-order chi connectivity index (χ0) is 15.4. The smallest absolute Gasteiger partial charge is 0.191 e. The minimum atomic E-state index is 0.620. The molecule has 1 aliphatic rings. The van der Waals surface area contributed by atoms with Crippen LogP contribution in [0.4, 0.5) is 0 Å². The van der Waals surface area contributed by atoms with Gasteiger partial charge in [0, 0.05) is 18.2 Å².